The van der Waals surface area contributed by atoms with Crippen LogP contribution < -0.4 is 15.5 Å². The van der Waals surface area contributed by atoms with Crippen LogP contribution in [0, 0.1) is 0 Å². The average Bonchev–Trinajstić information content (AvgIpc) is 3.91. The van der Waals surface area contributed by atoms with Gasteiger partial charge in [-0.25, -0.2) is 0 Å². The van der Waals surface area contributed by atoms with E-state index in [4.69, 9.17) is 0 Å². The summed E-state index contributed by atoms with van der Waals surface area (Å²) in [5, 5.41) is 4.02. The quantitative estimate of drug-likeness (QED) is 0.124. The van der Waals surface area contributed by atoms with Crippen LogP contribution in [-0.2, 0) is 10.8 Å². The number of aromatic nitrogens is 1. The van der Waals surface area contributed by atoms with Crippen LogP contribution in [0.2, 0.25) is 0 Å². The molecular weight excluding hydrogens is 833 g/mol. The van der Waals surface area contributed by atoms with Gasteiger partial charge in [-0.05, 0) is 149 Å². The minimum atomic E-state index is -0.217. The van der Waals surface area contributed by atoms with E-state index in [1.165, 1.54) is 111 Å². The lowest BCUT2D eigenvalue weighted by Gasteiger charge is -2.38. The Labute approximate surface area is 410 Å². The van der Waals surface area contributed by atoms with Crippen molar-refractivity contribution in [3.05, 3.63) is 243 Å². The lowest BCUT2D eigenvalue weighted by Crippen LogP contribution is -2.37. The Kier molecular flexibility index (Phi) is 11.2. The molecule has 1 aromatic heterocycles. The largest absolute Gasteiger partial charge is 0.338 e. The molecule has 0 saturated heterocycles. The number of hydrogen-bond acceptors (Lipinski definition) is 1. The second kappa shape index (κ2) is 17.4. The Morgan fingerprint density at radius 2 is 1.33 bits per heavy atom. The molecule has 0 saturated carbocycles. The summed E-state index contributed by atoms with van der Waals surface area (Å²) in [4.78, 5) is 2.60. The van der Waals surface area contributed by atoms with Gasteiger partial charge in [-0.2, -0.15) is 0 Å². The third-order valence-corrected chi connectivity index (χ3v) is 16.0. The van der Waals surface area contributed by atoms with E-state index >= 15 is 0 Å². The van der Waals surface area contributed by atoms with Crippen molar-refractivity contribution in [2.45, 2.75) is 97.4 Å². The van der Waals surface area contributed by atoms with Crippen molar-refractivity contribution in [2.75, 3.05) is 4.90 Å². The summed E-state index contributed by atoms with van der Waals surface area (Å²) in [6.07, 6.45) is 24.5. The fraction of sp³-hybridized carbons (Fsp3) is 0.224. The highest BCUT2D eigenvalue weighted by atomic mass is 15.2. The maximum atomic E-state index is 2.60. The zero-order valence-corrected chi connectivity index (χ0v) is 41.6. The van der Waals surface area contributed by atoms with E-state index in [0.717, 1.165) is 19.3 Å². The highest BCUT2D eigenvalue weighted by Crippen LogP contribution is 2.51. The maximum Gasteiger partial charge on any atom is 0.0625 e. The van der Waals surface area contributed by atoms with Gasteiger partial charge in [-0.3, -0.25) is 0 Å². The van der Waals surface area contributed by atoms with E-state index in [9.17, 15) is 0 Å². The molecule has 4 aliphatic rings. The second-order valence-corrected chi connectivity index (χ2v) is 20.8. The highest BCUT2D eigenvalue weighted by Gasteiger charge is 2.38. The molecule has 4 aliphatic carbocycles. The fourth-order valence-corrected chi connectivity index (χ4v) is 12.2. The summed E-state index contributed by atoms with van der Waals surface area (Å²) in [6.45, 7) is 18.8. The van der Waals surface area contributed by atoms with Gasteiger partial charge >= 0.3 is 0 Å². The van der Waals surface area contributed by atoms with Crippen molar-refractivity contribution in [1.29, 1.82) is 0 Å². The van der Waals surface area contributed by atoms with Crippen molar-refractivity contribution in [3.8, 4) is 27.9 Å². The number of fused-ring (bicyclic) bond motifs is 7. The molecule has 0 aliphatic heterocycles. The van der Waals surface area contributed by atoms with Gasteiger partial charge in [0.15, 0.2) is 0 Å². The summed E-state index contributed by atoms with van der Waals surface area (Å²) >= 11 is 0. The highest BCUT2D eigenvalue weighted by molar-refractivity contribution is 5.87. The number of anilines is 1. The monoisotopic (exact) mass is 897 g/mol. The maximum absolute atomic E-state index is 2.60. The van der Waals surface area contributed by atoms with Gasteiger partial charge in [-0.1, -0.05) is 192 Å². The van der Waals surface area contributed by atoms with E-state index in [2.05, 4.69) is 259 Å². The van der Waals surface area contributed by atoms with Crippen molar-refractivity contribution in [1.82, 2.24) is 4.57 Å². The molecule has 69 heavy (non-hydrogen) atoms. The molecule has 0 amide bonds. The molecule has 7 aromatic rings. The van der Waals surface area contributed by atoms with E-state index in [1.807, 2.05) is 0 Å². The van der Waals surface area contributed by atoms with E-state index in [0.29, 0.717) is 0 Å². The molecule has 6 aromatic carbocycles. The predicted octanol–water partition coefficient (Wildman–Crippen LogP) is 16.0. The van der Waals surface area contributed by atoms with E-state index < -0.39 is 0 Å². The lowest BCUT2D eigenvalue weighted by atomic mass is 9.80. The summed E-state index contributed by atoms with van der Waals surface area (Å²) in [7, 11) is 0. The molecular formula is C67H64N2. The topological polar surface area (TPSA) is 8.17 Å². The first-order valence-corrected chi connectivity index (χ1v) is 25.2. The van der Waals surface area contributed by atoms with Gasteiger partial charge in [0, 0.05) is 49.8 Å². The van der Waals surface area contributed by atoms with Crippen molar-refractivity contribution < 1.29 is 0 Å². The molecule has 0 radical (unpaired) electrons. The first kappa shape index (κ1) is 44.4. The zero-order chi connectivity index (χ0) is 47.6. The van der Waals surface area contributed by atoms with Gasteiger partial charge < -0.3 is 9.47 Å². The zero-order valence-electron chi connectivity index (χ0n) is 41.6. The van der Waals surface area contributed by atoms with Gasteiger partial charge in [0.1, 0.15) is 0 Å². The van der Waals surface area contributed by atoms with Crippen molar-refractivity contribution in [3.63, 3.8) is 0 Å². The van der Waals surface area contributed by atoms with Crippen LogP contribution in [-0.4, -0.2) is 10.6 Å². The summed E-state index contributed by atoms with van der Waals surface area (Å²) in [5.74, 6) is 0.137. The third kappa shape index (κ3) is 7.48. The lowest BCUT2D eigenvalue weighted by molar-refractivity contribution is 0.652. The molecule has 11 rings (SSSR count). The predicted molar refractivity (Wildman–Crippen MR) is 295 cm³/mol. The van der Waals surface area contributed by atoms with Crippen molar-refractivity contribution >= 4 is 34.3 Å². The minimum Gasteiger partial charge on any atom is -0.338 e. The average molecular weight is 897 g/mol. The number of benzene rings is 6. The van der Waals surface area contributed by atoms with Gasteiger partial charge in [0.05, 0.1) is 11.6 Å². The van der Waals surface area contributed by atoms with Gasteiger partial charge in [-0.15, -0.1) is 0 Å². The Morgan fingerprint density at radius 1 is 0.652 bits per heavy atom. The number of nitrogens with zero attached hydrogens (tertiary/aromatic N) is 2. The molecule has 2 atom stereocenters. The SMILES string of the molecule is CCC(=C\C1=C(C)c2ccccc2C1(C)C)/C(C)=C/C=C(\C)N(c1ccc2c(c1)C(C)(C)c1cc(-n3c4c(c5ccccc53)=CCCC=4)ccc1-2)C1C=CC=CC1c1ccc(-c2ccccc2)cc1. The number of allylic oxidation sites excluding steroid dienone is 10. The van der Waals surface area contributed by atoms with Crippen LogP contribution in [0.25, 0.3) is 56.6 Å². The minimum absolute atomic E-state index is 0.0465. The molecule has 1 heterocycles. The summed E-state index contributed by atoms with van der Waals surface area (Å²) in [6, 6.07) is 52.3. The van der Waals surface area contributed by atoms with Crippen molar-refractivity contribution in [2.24, 2.45) is 0 Å². The van der Waals surface area contributed by atoms with Gasteiger partial charge in [0.2, 0.25) is 0 Å². The Balaban J connectivity index is 0.997. The number of hydrogen-bond donors (Lipinski definition) is 0. The van der Waals surface area contributed by atoms with Gasteiger partial charge in [0.25, 0.3) is 0 Å². The second-order valence-electron chi connectivity index (χ2n) is 20.8. The van der Waals surface area contributed by atoms with Crippen LogP contribution in [0.15, 0.2) is 204 Å². The molecule has 0 N–H and O–H groups in total. The Morgan fingerprint density at radius 3 is 2.12 bits per heavy atom. The van der Waals surface area contributed by atoms with E-state index in [1.54, 1.807) is 0 Å². The number of para-hydroxylation sites is 1. The van der Waals surface area contributed by atoms with E-state index in [-0.39, 0.29) is 22.8 Å². The molecule has 2 nitrogen and oxygen atoms in total. The Bertz CT molecular complexity index is 3500. The van der Waals surface area contributed by atoms with Crippen LogP contribution >= 0.6 is 0 Å². The molecule has 0 spiro atoms. The Hall–Kier alpha value is -7.16. The fourth-order valence-electron chi connectivity index (χ4n) is 12.2. The molecule has 0 fully saturated rings. The standard InChI is InChI=1S/C67H64N2/c1-9-47(41-60-46(4)53-23-13-17-27-59(53)66(60,5)6)44(2)31-32-45(3)68(63-28-18-14-24-54(63)50-35-33-49(34-36-50)48-21-11-10-12-22-48)51-37-39-55-56-40-38-52(43-62(56)67(7,8)61(55)42-51)69-64-29-19-15-25-57(64)58-26-16-20-30-65(58)69/h10-15,17-19,21-43,54,63H,9,16,20H2,1-8H3/b44-31+,45-32+,47-41+. The third-order valence-electron chi connectivity index (χ3n) is 16.0. The van der Waals surface area contributed by atoms with Crippen LogP contribution in [0.1, 0.15) is 108 Å². The smallest absolute Gasteiger partial charge is 0.0625 e. The molecule has 0 bridgehead atoms. The van der Waals surface area contributed by atoms with Crippen LogP contribution in [0.4, 0.5) is 5.69 Å². The molecule has 2 heteroatoms. The summed E-state index contributed by atoms with van der Waals surface area (Å²) in [5.41, 5.74) is 22.1. The van der Waals surface area contributed by atoms with Crippen LogP contribution in [0.3, 0.4) is 0 Å². The first-order chi connectivity index (χ1) is 33.4. The molecule has 342 valence electrons. The molecule has 2 unspecified atom stereocenters. The first-order valence-electron chi connectivity index (χ1n) is 25.2. The number of rotatable bonds is 10. The summed E-state index contributed by atoms with van der Waals surface area (Å²) < 4.78 is 2.50. The normalized spacial score (nSPS) is 18.9. The van der Waals surface area contributed by atoms with Crippen LogP contribution in [0.5, 0.6) is 0 Å².